The minimum Gasteiger partial charge on any atom is -0.472 e. The summed E-state index contributed by atoms with van der Waals surface area (Å²) >= 11 is 0. The lowest BCUT2D eigenvalue weighted by Crippen LogP contribution is -2.56. The number of hydrogen-bond donors (Lipinski definition) is 3. The highest BCUT2D eigenvalue weighted by Crippen LogP contribution is 2.67. The van der Waals surface area contributed by atoms with Gasteiger partial charge in [0.25, 0.3) is 0 Å². The Balaban J connectivity index is 0.000000757. The van der Waals surface area contributed by atoms with Gasteiger partial charge in [-0.05, 0) is 103 Å². The summed E-state index contributed by atoms with van der Waals surface area (Å²) in [6, 6.07) is 1.97. The Bertz CT molecular complexity index is 978. The molecule has 0 amide bonds. The smallest absolute Gasteiger partial charge is 0.397 e. The summed E-state index contributed by atoms with van der Waals surface area (Å²) in [5.74, 6) is 1.55. The first-order valence-corrected chi connectivity index (χ1v) is 15.5. The van der Waals surface area contributed by atoms with Crippen molar-refractivity contribution >= 4 is 16.4 Å². The van der Waals surface area contributed by atoms with Crippen molar-refractivity contribution in [1.29, 1.82) is 5.41 Å². The number of fused-ring (bicyclic) bond motifs is 1. The molecule has 1 unspecified atom stereocenters. The summed E-state index contributed by atoms with van der Waals surface area (Å²) in [5.41, 5.74) is 7.06. The number of guanidine groups is 1. The second-order valence-electron chi connectivity index (χ2n) is 13.1. The van der Waals surface area contributed by atoms with Crippen LogP contribution in [-0.4, -0.2) is 44.5 Å². The SMILES string of the molecule is CN(C)C(=N)N.C[C@@H]1CC[C@@]2(C)[C@H](CCCC2(C)C)[C@@]1(C)CCC(CCCc1ccoc1)COS(=O)(=O)O. The summed E-state index contributed by atoms with van der Waals surface area (Å²) in [7, 11) is -0.967. The zero-order valence-corrected chi connectivity index (χ0v) is 25.6. The molecular weight excluding hydrogens is 502 g/mol. The van der Waals surface area contributed by atoms with Crippen molar-refractivity contribution in [3.8, 4) is 0 Å². The Kier molecular flexibility index (Phi) is 11.3. The summed E-state index contributed by atoms with van der Waals surface area (Å²) < 4.78 is 41.6. The van der Waals surface area contributed by atoms with Gasteiger partial charge in [-0.3, -0.25) is 9.96 Å². The number of aryl methyl sites for hydroxylation is 1. The van der Waals surface area contributed by atoms with Gasteiger partial charge in [-0.2, -0.15) is 8.42 Å². The first-order chi connectivity index (χ1) is 17.5. The number of hydrogen-bond acceptors (Lipinski definition) is 5. The third-order valence-corrected chi connectivity index (χ3v) is 10.7. The molecule has 1 aromatic rings. The monoisotopic (exact) mass is 555 g/mol. The highest BCUT2D eigenvalue weighted by atomic mass is 32.3. The third-order valence-electron chi connectivity index (χ3n) is 10.3. The molecule has 0 aliphatic heterocycles. The molecule has 2 saturated carbocycles. The fourth-order valence-electron chi connectivity index (χ4n) is 7.04. The Morgan fingerprint density at radius 1 is 1.24 bits per heavy atom. The maximum Gasteiger partial charge on any atom is 0.397 e. The molecule has 0 aromatic carbocycles. The Labute approximate surface area is 231 Å². The van der Waals surface area contributed by atoms with Crippen molar-refractivity contribution in [3.05, 3.63) is 24.2 Å². The average molecular weight is 556 g/mol. The first-order valence-electron chi connectivity index (χ1n) is 14.2. The number of nitrogens with one attached hydrogen (secondary N) is 1. The highest BCUT2D eigenvalue weighted by molar-refractivity contribution is 7.80. The fourth-order valence-corrected chi connectivity index (χ4v) is 7.41. The third kappa shape index (κ3) is 8.46. The van der Waals surface area contributed by atoms with Gasteiger partial charge < -0.3 is 15.1 Å². The molecule has 5 atom stereocenters. The molecule has 0 saturated heterocycles. The van der Waals surface area contributed by atoms with Crippen LogP contribution in [0.15, 0.2) is 23.0 Å². The van der Waals surface area contributed by atoms with Gasteiger partial charge in [-0.25, -0.2) is 4.18 Å². The number of furan rings is 1. The van der Waals surface area contributed by atoms with Crippen molar-refractivity contribution < 1.29 is 21.6 Å². The molecule has 1 heterocycles. The highest BCUT2D eigenvalue weighted by Gasteiger charge is 2.58. The van der Waals surface area contributed by atoms with Crippen LogP contribution in [0, 0.1) is 39.4 Å². The molecule has 0 spiro atoms. The van der Waals surface area contributed by atoms with Crippen molar-refractivity contribution in [2.45, 2.75) is 98.8 Å². The normalized spacial score (nSPS) is 29.5. The fraction of sp³-hybridized carbons (Fsp3) is 0.828. The average Bonchev–Trinajstić information content (AvgIpc) is 3.33. The van der Waals surface area contributed by atoms with Crippen LogP contribution in [0.5, 0.6) is 0 Å². The topological polar surface area (TPSA) is 130 Å². The van der Waals surface area contributed by atoms with E-state index >= 15 is 0 Å². The van der Waals surface area contributed by atoms with Gasteiger partial charge in [-0.15, -0.1) is 0 Å². The lowest BCUT2D eigenvalue weighted by molar-refractivity contribution is -0.146. The summed E-state index contributed by atoms with van der Waals surface area (Å²) in [4.78, 5) is 1.53. The van der Waals surface area contributed by atoms with Crippen LogP contribution in [0.2, 0.25) is 0 Å². The molecule has 4 N–H and O–H groups in total. The van der Waals surface area contributed by atoms with E-state index in [9.17, 15) is 8.42 Å². The molecule has 1 aromatic heterocycles. The van der Waals surface area contributed by atoms with Crippen LogP contribution in [0.4, 0.5) is 0 Å². The maximum atomic E-state index is 11.2. The molecular formula is C29H53N3O5S. The van der Waals surface area contributed by atoms with E-state index in [1.165, 1.54) is 37.0 Å². The quantitative estimate of drug-likeness (QED) is 0.170. The second-order valence-corrected chi connectivity index (χ2v) is 14.2. The van der Waals surface area contributed by atoms with Gasteiger partial charge in [0.2, 0.25) is 0 Å². The van der Waals surface area contributed by atoms with E-state index in [-0.39, 0.29) is 23.9 Å². The second kappa shape index (κ2) is 13.2. The van der Waals surface area contributed by atoms with Crippen LogP contribution >= 0.6 is 0 Å². The van der Waals surface area contributed by atoms with Crippen molar-refractivity contribution in [3.63, 3.8) is 0 Å². The molecule has 9 heteroatoms. The molecule has 2 aliphatic carbocycles. The molecule has 2 aliphatic rings. The van der Waals surface area contributed by atoms with E-state index in [1.807, 2.05) is 6.07 Å². The largest absolute Gasteiger partial charge is 0.472 e. The van der Waals surface area contributed by atoms with Crippen LogP contribution in [0.1, 0.15) is 98.0 Å². The van der Waals surface area contributed by atoms with Crippen molar-refractivity contribution in [2.24, 2.45) is 39.7 Å². The van der Waals surface area contributed by atoms with Gasteiger partial charge in [0.1, 0.15) is 0 Å². The van der Waals surface area contributed by atoms with E-state index in [0.717, 1.165) is 37.7 Å². The van der Waals surface area contributed by atoms with Crippen molar-refractivity contribution in [2.75, 3.05) is 20.7 Å². The van der Waals surface area contributed by atoms with Crippen LogP contribution in [0.25, 0.3) is 0 Å². The minimum atomic E-state index is -4.42. The summed E-state index contributed by atoms with van der Waals surface area (Å²) in [6.45, 7) is 12.4. The van der Waals surface area contributed by atoms with E-state index in [0.29, 0.717) is 22.7 Å². The van der Waals surface area contributed by atoms with E-state index < -0.39 is 10.4 Å². The standard InChI is InChI=1S/C26H44O5S.C3H9N3/c1-20-11-16-26(5)23(10-7-14-24(26,2)3)25(20,4)15-12-21(19-31-32(27,28)29)8-6-9-22-13-17-30-18-22;1-6(2)3(4)5/h13,17-18,20-21,23H,6-12,14-16,19H2,1-5H3,(H,27,28,29);1-2H3,(H3,4,5)/t20-,21?,23-,25+,26+;/m1./s1. The number of rotatable bonds is 10. The lowest BCUT2D eigenvalue weighted by Gasteiger charge is -2.64. The molecule has 0 bridgehead atoms. The van der Waals surface area contributed by atoms with Crippen LogP contribution in [-0.2, 0) is 21.0 Å². The van der Waals surface area contributed by atoms with Crippen LogP contribution in [0.3, 0.4) is 0 Å². The van der Waals surface area contributed by atoms with Gasteiger partial charge in [-0.1, -0.05) is 41.0 Å². The zero-order chi connectivity index (χ0) is 28.8. The molecule has 38 heavy (non-hydrogen) atoms. The summed E-state index contributed by atoms with van der Waals surface area (Å²) in [5, 5.41) is 6.65. The van der Waals surface area contributed by atoms with E-state index in [1.54, 1.807) is 26.6 Å². The molecule has 0 radical (unpaired) electrons. The number of nitrogens with two attached hydrogens (primary N) is 1. The molecule has 220 valence electrons. The number of nitrogens with zero attached hydrogens (tertiary/aromatic N) is 1. The molecule has 3 rings (SSSR count). The van der Waals surface area contributed by atoms with Gasteiger partial charge in [0.05, 0.1) is 19.1 Å². The van der Waals surface area contributed by atoms with Gasteiger partial charge in [0, 0.05) is 14.1 Å². The Morgan fingerprint density at radius 3 is 2.45 bits per heavy atom. The Morgan fingerprint density at radius 2 is 1.89 bits per heavy atom. The van der Waals surface area contributed by atoms with Gasteiger partial charge >= 0.3 is 10.4 Å². The first kappa shape index (κ1) is 32.6. The molecule has 2 fully saturated rings. The maximum absolute atomic E-state index is 11.2. The van der Waals surface area contributed by atoms with Crippen molar-refractivity contribution in [1.82, 2.24) is 4.90 Å². The minimum absolute atomic E-state index is 0.0576. The molecule has 8 nitrogen and oxygen atoms in total. The predicted octanol–water partition coefficient (Wildman–Crippen LogP) is 6.53. The lowest BCUT2D eigenvalue weighted by atomic mass is 9.41. The Hall–Kier alpha value is -1.58. The van der Waals surface area contributed by atoms with E-state index in [4.69, 9.17) is 24.3 Å². The predicted molar refractivity (Wildman–Crippen MR) is 153 cm³/mol. The summed E-state index contributed by atoms with van der Waals surface area (Å²) in [6.07, 6.45) is 14.7. The zero-order valence-electron chi connectivity index (χ0n) is 24.8. The van der Waals surface area contributed by atoms with Crippen LogP contribution < -0.4 is 5.73 Å². The van der Waals surface area contributed by atoms with Gasteiger partial charge in [0.15, 0.2) is 5.96 Å². The van der Waals surface area contributed by atoms with E-state index in [2.05, 4.69) is 34.6 Å².